The number of hydrogen-bond donors (Lipinski definition) is 0. The van der Waals surface area contributed by atoms with Crippen LogP contribution in [0.15, 0.2) is 41.7 Å². The Morgan fingerprint density at radius 1 is 1.30 bits per heavy atom. The SMILES string of the molecule is COC(=O)C1=C(C)ON2CCC[C@]12C(=O)OCc1ccccc1. The first-order valence-electron chi connectivity index (χ1n) is 7.56. The van der Waals surface area contributed by atoms with E-state index in [0.717, 1.165) is 12.0 Å². The van der Waals surface area contributed by atoms with E-state index in [-0.39, 0.29) is 12.2 Å². The molecule has 0 amide bonds. The van der Waals surface area contributed by atoms with Crippen LogP contribution in [0, 0.1) is 0 Å². The molecule has 2 aliphatic heterocycles. The first-order chi connectivity index (χ1) is 11.1. The number of carbonyl (C=O) groups excluding carboxylic acids is 2. The largest absolute Gasteiger partial charge is 0.465 e. The van der Waals surface area contributed by atoms with Crippen molar-refractivity contribution in [2.45, 2.75) is 31.9 Å². The molecular weight excluding hydrogens is 298 g/mol. The average Bonchev–Trinajstić information content (AvgIpc) is 3.09. The van der Waals surface area contributed by atoms with Crippen molar-refractivity contribution in [2.24, 2.45) is 0 Å². The summed E-state index contributed by atoms with van der Waals surface area (Å²) in [5.41, 5.74) is -0.0528. The maximum Gasteiger partial charge on any atom is 0.339 e. The van der Waals surface area contributed by atoms with Gasteiger partial charge in [0.05, 0.1) is 7.11 Å². The van der Waals surface area contributed by atoms with Crippen LogP contribution >= 0.6 is 0 Å². The molecule has 1 fully saturated rings. The lowest BCUT2D eigenvalue weighted by Gasteiger charge is -2.28. The van der Waals surface area contributed by atoms with Crippen LogP contribution in [0.25, 0.3) is 0 Å². The lowest BCUT2D eigenvalue weighted by atomic mass is 9.87. The maximum atomic E-state index is 12.8. The van der Waals surface area contributed by atoms with E-state index in [4.69, 9.17) is 14.3 Å². The highest BCUT2D eigenvalue weighted by Gasteiger charge is 2.61. The van der Waals surface area contributed by atoms with E-state index in [1.807, 2.05) is 30.3 Å². The minimum atomic E-state index is -1.19. The molecule has 1 saturated heterocycles. The molecule has 0 bridgehead atoms. The van der Waals surface area contributed by atoms with E-state index in [2.05, 4.69) is 0 Å². The predicted molar refractivity (Wildman–Crippen MR) is 80.7 cm³/mol. The molecule has 0 radical (unpaired) electrons. The number of rotatable bonds is 4. The van der Waals surface area contributed by atoms with E-state index >= 15 is 0 Å². The molecule has 0 unspecified atom stereocenters. The molecule has 1 aromatic rings. The molecule has 1 atom stereocenters. The van der Waals surface area contributed by atoms with Gasteiger partial charge in [0, 0.05) is 6.54 Å². The van der Waals surface area contributed by atoms with Crippen molar-refractivity contribution < 1.29 is 23.9 Å². The first-order valence-corrected chi connectivity index (χ1v) is 7.56. The Hall–Kier alpha value is -2.34. The van der Waals surface area contributed by atoms with Gasteiger partial charge in [0.2, 0.25) is 0 Å². The highest BCUT2D eigenvalue weighted by molar-refractivity contribution is 6.02. The number of fused-ring (bicyclic) bond motifs is 1. The third kappa shape index (κ3) is 2.49. The summed E-state index contributed by atoms with van der Waals surface area (Å²) >= 11 is 0. The quantitative estimate of drug-likeness (QED) is 0.791. The van der Waals surface area contributed by atoms with E-state index < -0.39 is 17.5 Å². The molecular formula is C17H19NO5. The Morgan fingerprint density at radius 3 is 2.74 bits per heavy atom. The van der Waals surface area contributed by atoms with Crippen LogP contribution in [0.5, 0.6) is 0 Å². The van der Waals surface area contributed by atoms with Gasteiger partial charge in [0.25, 0.3) is 0 Å². The van der Waals surface area contributed by atoms with Crippen molar-refractivity contribution >= 4 is 11.9 Å². The number of ether oxygens (including phenoxy) is 2. The number of allylic oxidation sites excluding steroid dienone is 1. The zero-order valence-electron chi connectivity index (χ0n) is 13.2. The van der Waals surface area contributed by atoms with Gasteiger partial charge in [0.1, 0.15) is 17.9 Å². The summed E-state index contributed by atoms with van der Waals surface area (Å²) in [7, 11) is 1.29. The van der Waals surface area contributed by atoms with Gasteiger partial charge in [-0.2, -0.15) is 0 Å². The van der Waals surface area contributed by atoms with Crippen LogP contribution in [0.4, 0.5) is 0 Å². The highest BCUT2D eigenvalue weighted by Crippen LogP contribution is 2.45. The Balaban J connectivity index is 1.85. The summed E-state index contributed by atoms with van der Waals surface area (Å²) in [6.45, 7) is 2.39. The van der Waals surface area contributed by atoms with Crippen molar-refractivity contribution in [1.82, 2.24) is 5.06 Å². The van der Waals surface area contributed by atoms with Crippen LogP contribution < -0.4 is 0 Å². The van der Waals surface area contributed by atoms with Gasteiger partial charge in [-0.25, -0.2) is 9.59 Å². The van der Waals surface area contributed by atoms with E-state index in [0.29, 0.717) is 18.7 Å². The molecule has 6 heteroatoms. The third-order valence-corrected chi connectivity index (χ3v) is 4.28. The number of benzene rings is 1. The molecule has 0 N–H and O–H groups in total. The van der Waals surface area contributed by atoms with Crippen molar-refractivity contribution in [1.29, 1.82) is 0 Å². The van der Waals surface area contributed by atoms with Crippen LogP contribution in [0.2, 0.25) is 0 Å². The maximum absolute atomic E-state index is 12.8. The van der Waals surface area contributed by atoms with Gasteiger partial charge < -0.3 is 14.3 Å². The van der Waals surface area contributed by atoms with Gasteiger partial charge in [-0.3, -0.25) is 0 Å². The van der Waals surface area contributed by atoms with Crippen molar-refractivity contribution in [3.8, 4) is 0 Å². The molecule has 0 aliphatic carbocycles. The van der Waals surface area contributed by atoms with Gasteiger partial charge in [-0.05, 0) is 25.3 Å². The summed E-state index contributed by atoms with van der Waals surface area (Å²) in [5.74, 6) is -0.632. The fourth-order valence-corrected chi connectivity index (χ4v) is 3.23. The zero-order valence-corrected chi connectivity index (χ0v) is 13.2. The Bertz CT molecular complexity index is 654. The van der Waals surface area contributed by atoms with E-state index in [9.17, 15) is 9.59 Å². The van der Waals surface area contributed by atoms with Crippen molar-refractivity contribution in [3.05, 3.63) is 47.2 Å². The topological polar surface area (TPSA) is 65.1 Å². The number of hydrogen-bond acceptors (Lipinski definition) is 6. The van der Waals surface area contributed by atoms with Gasteiger partial charge in [-0.15, -0.1) is 5.06 Å². The van der Waals surface area contributed by atoms with Crippen LogP contribution in [0.3, 0.4) is 0 Å². The van der Waals surface area contributed by atoms with Crippen molar-refractivity contribution in [3.63, 3.8) is 0 Å². The third-order valence-electron chi connectivity index (χ3n) is 4.28. The molecule has 3 rings (SSSR count). The van der Waals surface area contributed by atoms with Crippen LogP contribution in [-0.2, 0) is 30.5 Å². The average molecular weight is 317 g/mol. The highest BCUT2D eigenvalue weighted by atomic mass is 16.7. The minimum absolute atomic E-state index is 0.156. The van der Waals surface area contributed by atoms with E-state index in [1.54, 1.807) is 12.0 Å². The second-order valence-corrected chi connectivity index (χ2v) is 5.64. The lowest BCUT2D eigenvalue weighted by molar-refractivity contribution is -0.180. The zero-order chi connectivity index (χ0) is 16.4. The molecule has 23 heavy (non-hydrogen) atoms. The Labute approximate surface area is 134 Å². The van der Waals surface area contributed by atoms with Crippen LogP contribution in [-0.4, -0.2) is 36.2 Å². The van der Waals surface area contributed by atoms with Gasteiger partial charge in [-0.1, -0.05) is 30.3 Å². The summed E-state index contributed by atoms with van der Waals surface area (Å²) in [4.78, 5) is 30.6. The van der Waals surface area contributed by atoms with Gasteiger partial charge in [0.15, 0.2) is 5.54 Å². The summed E-state index contributed by atoms with van der Waals surface area (Å²) in [6, 6.07) is 9.42. The normalized spacial score (nSPS) is 23.4. The predicted octanol–water partition coefficient (Wildman–Crippen LogP) is 1.96. The minimum Gasteiger partial charge on any atom is -0.465 e. The smallest absolute Gasteiger partial charge is 0.339 e. The fraction of sp³-hybridized carbons (Fsp3) is 0.412. The molecule has 0 spiro atoms. The second-order valence-electron chi connectivity index (χ2n) is 5.64. The van der Waals surface area contributed by atoms with Crippen LogP contribution in [0.1, 0.15) is 25.3 Å². The molecule has 1 aromatic carbocycles. The summed E-state index contributed by atoms with van der Waals surface area (Å²) in [5, 5.41) is 1.54. The molecule has 2 heterocycles. The number of esters is 2. The van der Waals surface area contributed by atoms with Gasteiger partial charge >= 0.3 is 11.9 Å². The monoisotopic (exact) mass is 317 g/mol. The Kier molecular flexibility index (Phi) is 4.09. The molecule has 6 nitrogen and oxygen atoms in total. The number of hydroxylamine groups is 2. The lowest BCUT2D eigenvalue weighted by Crippen LogP contribution is -2.50. The molecule has 0 saturated carbocycles. The molecule has 0 aromatic heterocycles. The van der Waals surface area contributed by atoms with Crippen molar-refractivity contribution in [2.75, 3.05) is 13.7 Å². The number of methoxy groups -OCH3 is 1. The second kappa shape index (κ2) is 6.04. The summed E-state index contributed by atoms with van der Waals surface area (Å²) in [6.07, 6.45) is 1.22. The molecule has 122 valence electrons. The Morgan fingerprint density at radius 2 is 2.04 bits per heavy atom. The standard InChI is InChI=1S/C17H19NO5/c1-12-14(15(19)21-2)17(9-6-10-18(17)23-12)16(20)22-11-13-7-4-3-5-8-13/h3-5,7-8H,6,9-11H2,1-2H3/t17-/m1/s1. The summed E-state index contributed by atoms with van der Waals surface area (Å²) < 4.78 is 10.3. The van der Waals surface area contributed by atoms with E-state index in [1.165, 1.54) is 7.11 Å². The first kappa shape index (κ1) is 15.6. The number of nitrogens with zero attached hydrogens (tertiary/aromatic N) is 1. The fourth-order valence-electron chi connectivity index (χ4n) is 3.23. The molecule has 2 aliphatic rings. The number of carbonyl (C=O) groups is 2.